The van der Waals surface area contributed by atoms with Crippen molar-refractivity contribution in [2.75, 3.05) is 31.7 Å². The summed E-state index contributed by atoms with van der Waals surface area (Å²) in [6.07, 6.45) is 11.1. The van der Waals surface area contributed by atoms with Gasteiger partial charge in [0.15, 0.2) is 5.89 Å². The third-order valence-electron chi connectivity index (χ3n) is 9.81. The van der Waals surface area contributed by atoms with E-state index >= 15 is 0 Å². The van der Waals surface area contributed by atoms with Gasteiger partial charge in [0.1, 0.15) is 35.7 Å². The quantitative estimate of drug-likeness (QED) is 0.254. The fraction of sp³-hybridized carbons (Fsp3) is 0.528. The van der Waals surface area contributed by atoms with Crippen LogP contribution < -0.4 is 15.0 Å². The molecule has 0 aliphatic heterocycles. The van der Waals surface area contributed by atoms with Gasteiger partial charge < -0.3 is 24.3 Å². The zero-order valence-electron chi connectivity index (χ0n) is 26.9. The van der Waals surface area contributed by atoms with Crippen molar-refractivity contribution in [1.82, 2.24) is 15.3 Å². The number of aromatic nitrogens is 2. The van der Waals surface area contributed by atoms with Crippen LogP contribution in [0.15, 0.2) is 47.2 Å². The molecular formula is C36H43N5O6. The maximum Gasteiger partial charge on any atom is 0.407 e. The maximum absolute atomic E-state index is 14.3. The number of aliphatic hydroxyl groups excluding tert-OH is 1. The second-order valence-electron chi connectivity index (χ2n) is 13.0. The molecule has 248 valence electrons. The van der Waals surface area contributed by atoms with Crippen LogP contribution in [0.25, 0.3) is 11.3 Å². The summed E-state index contributed by atoms with van der Waals surface area (Å²) in [5, 5.41) is 21.0. The molecule has 3 fully saturated rings. The molecule has 2 aromatic heterocycles. The van der Waals surface area contributed by atoms with Gasteiger partial charge in [-0.1, -0.05) is 6.07 Å². The predicted molar refractivity (Wildman–Crippen MR) is 174 cm³/mol. The lowest BCUT2D eigenvalue weighted by molar-refractivity contribution is -0.124. The van der Waals surface area contributed by atoms with Crippen LogP contribution >= 0.6 is 0 Å². The van der Waals surface area contributed by atoms with Crippen LogP contribution in [-0.4, -0.2) is 60.0 Å². The minimum Gasteiger partial charge on any atom is -0.495 e. The van der Waals surface area contributed by atoms with Gasteiger partial charge in [-0.15, -0.1) is 0 Å². The van der Waals surface area contributed by atoms with Gasteiger partial charge in [-0.05, 0) is 106 Å². The fourth-order valence-electron chi connectivity index (χ4n) is 6.96. The number of amides is 2. The smallest absolute Gasteiger partial charge is 0.407 e. The summed E-state index contributed by atoms with van der Waals surface area (Å²) < 4.78 is 16.6. The number of alkyl carbamates (subject to hydrolysis) is 1. The summed E-state index contributed by atoms with van der Waals surface area (Å²) in [5.41, 5.74) is 3.32. The Labute approximate surface area is 275 Å². The van der Waals surface area contributed by atoms with Crippen molar-refractivity contribution in [3.63, 3.8) is 0 Å². The van der Waals surface area contributed by atoms with Crippen LogP contribution in [0.1, 0.15) is 93.1 Å². The number of nitrogens with one attached hydrogen (secondary N) is 1. The van der Waals surface area contributed by atoms with E-state index in [0.717, 1.165) is 61.2 Å². The summed E-state index contributed by atoms with van der Waals surface area (Å²) in [6.45, 7) is 0.568. The average Bonchev–Trinajstić information content (AvgIpc) is 3.85. The van der Waals surface area contributed by atoms with Crippen LogP contribution in [0.3, 0.4) is 0 Å². The standard InChI is InChI=1S/C36H43N5O6/c1-45-32-13-10-27(18-29(32)20-37)24-4-2-23(3-5-24)21-41(35(43)26-8-11-30(12-9-26)47-36(44)39-16-17-42)33-19-28(14-15-38-33)31-22-46-34(40-31)25-6-7-25/h10,13-15,18-19,22-26,30,42H,2-9,11-12,16-17,21H2,1H3,(H,39,44). The Kier molecular flexibility index (Phi) is 10.4. The van der Waals surface area contributed by atoms with Crippen molar-refractivity contribution < 1.29 is 28.6 Å². The number of nitrogens with zero attached hydrogens (tertiary/aromatic N) is 4. The molecule has 3 saturated carbocycles. The van der Waals surface area contributed by atoms with Gasteiger partial charge in [-0.2, -0.15) is 5.26 Å². The van der Waals surface area contributed by atoms with Gasteiger partial charge in [-0.3, -0.25) is 9.69 Å². The number of nitriles is 1. The number of carbonyl (C=O) groups is 2. The lowest BCUT2D eigenvalue weighted by Crippen LogP contribution is -2.42. The van der Waals surface area contributed by atoms with E-state index in [9.17, 15) is 14.9 Å². The Balaban J connectivity index is 1.16. The van der Waals surface area contributed by atoms with Gasteiger partial charge in [0.05, 0.1) is 19.3 Å². The SMILES string of the molecule is COc1ccc(C2CCC(CN(C(=O)C3CCC(OC(=O)NCCO)CC3)c3cc(-c4coc(C5CC5)n4)ccn3)CC2)cc1C#N. The van der Waals surface area contributed by atoms with Crippen molar-refractivity contribution in [2.45, 2.75) is 82.1 Å². The number of ether oxygens (including phenoxy) is 2. The van der Waals surface area contributed by atoms with E-state index in [4.69, 9.17) is 24.0 Å². The average molecular weight is 642 g/mol. The van der Waals surface area contributed by atoms with E-state index in [1.165, 1.54) is 0 Å². The van der Waals surface area contributed by atoms with E-state index in [0.29, 0.717) is 67.1 Å². The Hall–Kier alpha value is -4.43. The summed E-state index contributed by atoms with van der Waals surface area (Å²) in [6, 6.07) is 12.0. The first-order valence-corrected chi connectivity index (χ1v) is 16.8. The van der Waals surface area contributed by atoms with Crippen molar-refractivity contribution in [2.24, 2.45) is 11.8 Å². The maximum atomic E-state index is 14.3. The van der Waals surface area contributed by atoms with Crippen LogP contribution in [0.5, 0.6) is 5.75 Å². The largest absolute Gasteiger partial charge is 0.495 e. The lowest BCUT2D eigenvalue weighted by Gasteiger charge is -2.35. The Morgan fingerprint density at radius 1 is 1.04 bits per heavy atom. The van der Waals surface area contributed by atoms with E-state index in [2.05, 4.69) is 22.4 Å². The van der Waals surface area contributed by atoms with Gasteiger partial charge in [-0.25, -0.2) is 14.8 Å². The molecule has 11 nitrogen and oxygen atoms in total. The minimum absolute atomic E-state index is 0.0487. The number of pyridine rings is 1. The number of anilines is 1. The molecule has 6 rings (SSSR count). The van der Waals surface area contributed by atoms with E-state index < -0.39 is 6.09 Å². The van der Waals surface area contributed by atoms with E-state index in [1.54, 1.807) is 19.6 Å². The van der Waals surface area contributed by atoms with E-state index in [-0.39, 0.29) is 31.1 Å². The second kappa shape index (κ2) is 15.0. The number of hydrogen-bond acceptors (Lipinski definition) is 9. The predicted octanol–water partition coefficient (Wildman–Crippen LogP) is 6.08. The first-order valence-electron chi connectivity index (χ1n) is 16.8. The molecule has 3 aliphatic carbocycles. The third kappa shape index (κ3) is 7.93. The molecule has 2 heterocycles. The number of oxazole rings is 1. The van der Waals surface area contributed by atoms with Gasteiger partial charge in [0.25, 0.3) is 0 Å². The number of hydrogen-bond donors (Lipinski definition) is 2. The summed E-state index contributed by atoms with van der Waals surface area (Å²) in [7, 11) is 1.58. The van der Waals surface area contributed by atoms with Crippen molar-refractivity contribution in [3.8, 4) is 23.1 Å². The highest BCUT2D eigenvalue weighted by atomic mass is 16.6. The molecular weight excluding hydrogens is 598 g/mol. The molecule has 47 heavy (non-hydrogen) atoms. The first kappa shape index (κ1) is 32.5. The van der Waals surface area contributed by atoms with Crippen LogP contribution in [0, 0.1) is 23.2 Å². The number of benzene rings is 1. The van der Waals surface area contributed by atoms with Gasteiger partial charge >= 0.3 is 6.09 Å². The highest BCUT2D eigenvalue weighted by molar-refractivity contribution is 5.94. The first-order chi connectivity index (χ1) is 22.9. The molecule has 0 unspecified atom stereocenters. The normalized spacial score (nSPS) is 22.6. The Bertz CT molecular complexity index is 1580. The number of rotatable bonds is 11. The molecule has 2 N–H and O–H groups in total. The zero-order valence-corrected chi connectivity index (χ0v) is 26.9. The Morgan fingerprint density at radius 2 is 1.81 bits per heavy atom. The molecule has 3 aliphatic rings. The lowest BCUT2D eigenvalue weighted by atomic mass is 9.78. The van der Waals surface area contributed by atoms with E-state index in [1.807, 2.05) is 29.2 Å². The molecule has 1 aromatic carbocycles. The molecule has 11 heteroatoms. The fourth-order valence-corrected chi connectivity index (χ4v) is 6.96. The molecule has 0 saturated heterocycles. The number of aliphatic hydroxyl groups is 1. The molecule has 0 spiro atoms. The number of methoxy groups -OCH3 is 1. The second-order valence-corrected chi connectivity index (χ2v) is 13.0. The van der Waals surface area contributed by atoms with Gasteiger partial charge in [0.2, 0.25) is 5.91 Å². The summed E-state index contributed by atoms with van der Waals surface area (Å²) >= 11 is 0. The monoisotopic (exact) mass is 641 g/mol. The summed E-state index contributed by atoms with van der Waals surface area (Å²) in [4.78, 5) is 37.6. The summed E-state index contributed by atoms with van der Waals surface area (Å²) in [5.74, 6) is 2.88. The third-order valence-corrected chi connectivity index (χ3v) is 9.81. The molecule has 0 atom stereocenters. The molecule has 2 amide bonds. The zero-order chi connectivity index (χ0) is 32.8. The van der Waals surface area contributed by atoms with Crippen molar-refractivity contribution in [1.29, 1.82) is 5.26 Å². The van der Waals surface area contributed by atoms with Crippen molar-refractivity contribution >= 4 is 17.8 Å². The van der Waals surface area contributed by atoms with Gasteiger partial charge in [0, 0.05) is 36.7 Å². The number of carbonyl (C=O) groups excluding carboxylic acids is 2. The highest BCUT2D eigenvalue weighted by Crippen LogP contribution is 2.41. The molecule has 0 radical (unpaired) electrons. The minimum atomic E-state index is -0.539. The molecule has 3 aromatic rings. The van der Waals surface area contributed by atoms with Crippen molar-refractivity contribution in [3.05, 3.63) is 59.8 Å². The van der Waals surface area contributed by atoms with Crippen LogP contribution in [-0.2, 0) is 9.53 Å². The topological polar surface area (TPSA) is 151 Å². The van der Waals surface area contributed by atoms with Crippen LogP contribution in [0.2, 0.25) is 0 Å². The Morgan fingerprint density at radius 3 is 2.51 bits per heavy atom. The molecule has 0 bridgehead atoms. The van der Waals surface area contributed by atoms with Crippen LogP contribution in [0.4, 0.5) is 10.6 Å². The highest BCUT2D eigenvalue weighted by Gasteiger charge is 2.35.